The van der Waals surface area contributed by atoms with Crippen molar-refractivity contribution < 1.29 is 14.0 Å². The van der Waals surface area contributed by atoms with E-state index in [4.69, 9.17) is 0 Å². The van der Waals surface area contributed by atoms with E-state index in [1.54, 1.807) is 24.3 Å². The summed E-state index contributed by atoms with van der Waals surface area (Å²) in [6.07, 6.45) is 5.96. The molecule has 27 heavy (non-hydrogen) atoms. The quantitative estimate of drug-likeness (QED) is 0.853. The number of carbonyl (C=O) groups excluding carboxylic acids is 2. The highest BCUT2D eigenvalue weighted by Gasteiger charge is 2.33. The maximum atomic E-state index is 13.3. The minimum absolute atomic E-state index is 0.00958. The zero-order valence-corrected chi connectivity index (χ0v) is 15.0. The van der Waals surface area contributed by atoms with Crippen molar-refractivity contribution in [1.82, 2.24) is 15.6 Å². The van der Waals surface area contributed by atoms with Crippen molar-refractivity contribution in [1.29, 1.82) is 0 Å². The van der Waals surface area contributed by atoms with Gasteiger partial charge < -0.3 is 10.6 Å². The Morgan fingerprint density at radius 3 is 2.52 bits per heavy atom. The van der Waals surface area contributed by atoms with Gasteiger partial charge in [0.15, 0.2) is 0 Å². The maximum Gasteiger partial charge on any atom is 0.253 e. The number of nitrogens with zero attached hydrogens (tertiary/aromatic N) is 1. The predicted octanol–water partition coefficient (Wildman–Crippen LogP) is 3.06. The van der Waals surface area contributed by atoms with E-state index in [9.17, 15) is 14.0 Å². The first-order chi connectivity index (χ1) is 13.1. The largest absolute Gasteiger partial charge is 0.353 e. The van der Waals surface area contributed by atoms with Gasteiger partial charge in [-0.2, -0.15) is 0 Å². The van der Waals surface area contributed by atoms with E-state index in [-0.39, 0.29) is 29.6 Å². The van der Waals surface area contributed by atoms with E-state index in [0.29, 0.717) is 29.3 Å². The number of amides is 2. The molecule has 2 fully saturated rings. The van der Waals surface area contributed by atoms with Crippen LogP contribution in [-0.2, 0) is 4.79 Å². The van der Waals surface area contributed by atoms with E-state index in [0.717, 1.165) is 25.7 Å². The zero-order chi connectivity index (χ0) is 18.8. The second-order valence-corrected chi connectivity index (χ2v) is 7.41. The monoisotopic (exact) mass is 367 g/mol. The first-order valence-corrected chi connectivity index (χ1v) is 9.42. The molecular formula is C21H22FN3O2. The molecule has 0 bridgehead atoms. The summed E-state index contributed by atoms with van der Waals surface area (Å²) in [4.78, 5) is 28.9. The third-order valence-corrected chi connectivity index (χ3v) is 5.21. The smallest absolute Gasteiger partial charge is 0.253 e. The van der Waals surface area contributed by atoms with Gasteiger partial charge in [0.2, 0.25) is 5.91 Å². The fraction of sp³-hybridized carbons (Fsp3) is 0.381. The molecule has 2 aromatic rings. The summed E-state index contributed by atoms with van der Waals surface area (Å²) in [6, 6.07) is 9.97. The van der Waals surface area contributed by atoms with Crippen LogP contribution in [0.3, 0.4) is 0 Å². The Morgan fingerprint density at radius 1 is 1.00 bits per heavy atom. The van der Waals surface area contributed by atoms with Crippen molar-refractivity contribution in [2.45, 2.75) is 44.2 Å². The number of pyridine rings is 1. The van der Waals surface area contributed by atoms with Crippen molar-refractivity contribution in [2.75, 3.05) is 0 Å². The lowest BCUT2D eigenvalue weighted by atomic mass is 10.1. The molecule has 1 aromatic heterocycles. The van der Waals surface area contributed by atoms with Crippen molar-refractivity contribution in [2.24, 2.45) is 5.92 Å². The molecule has 6 heteroatoms. The van der Waals surface area contributed by atoms with Crippen LogP contribution in [0.1, 0.15) is 42.5 Å². The Labute approximate surface area is 157 Å². The highest BCUT2D eigenvalue weighted by molar-refractivity contribution is 5.94. The highest BCUT2D eigenvalue weighted by atomic mass is 19.1. The van der Waals surface area contributed by atoms with E-state index < -0.39 is 0 Å². The average molecular weight is 367 g/mol. The molecule has 5 nitrogen and oxygen atoms in total. The van der Waals surface area contributed by atoms with Crippen LogP contribution in [0.2, 0.25) is 0 Å². The number of hydrogen-bond acceptors (Lipinski definition) is 3. The number of nitrogens with one attached hydrogen (secondary N) is 2. The van der Waals surface area contributed by atoms with E-state index >= 15 is 0 Å². The van der Waals surface area contributed by atoms with Crippen LogP contribution in [0.15, 0.2) is 42.6 Å². The molecule has 2 atom stereocenters. The van der Waals surface area contributed by atoms with Gasteiger partial charge in [0.05, 0.1) is 11.3 Å². The van der Waals surface area contributed by atoms with E-state index in [1.165, 1.54) is 18.3 Å². The molecule has 0 aliphatic heterocycles. The van der Waals surface area contributed by atoms with Gasteiger partial charge in [0, 0.05) is 29.8 Å². The third-order valence-electron chi connectivity index (χ3n) is 5.21. The van der Waals surface area contributed by atoms with E-state index in [1.807, 2.05) is 0 Å². The van der Waals surface area contributed by atoms with Gasteiger partial charge in [-0.1, -0.05) is 12.1 Å². The normalized spacial score (nSPS) is 21.7. The van der Waals surface area contributed by atoms with Gasteiger partial charge >= 0.3 is 0 Å². The Kier molecular flexibility index (Phi) is 4.88. The fourth-order valence-electron chi connectivity index (χ4n) is 3.51. The molecule has 2 amide bonds. The molecule has 0 spiro atoms. The Balaban J connectivity index is 1.34. The SMILES string of the molecule is O=C(N[C@H]1CC[C@@H](C(=O)NC2CC2)C1)c1ccc(-c2cccc(F)c2)nc1. The molecule has 4 rings (SSSR count). The van der Waals surface area contributed by atoms with Crippen molar-refractivity contribution in [3.05, 3.63) is 54.0 Å². The summed E-state index contributed by atoms with van der Waals surface area (Å²) < 4.78 is 13.3. The Hall–Kier alpha value is -2.76. The Bertz CT molecular complexity index is 849. The van der Waals surface area contributed by atoms with Gasteiger partial charge in [0.1, 0.15) is 5.82 Å². The minimum atomic E-state index is -0.322. The first-order valence-electron chi connectivity index (χ1n) is 9.42. The van der Waals surface area contributed by atoms with Crippen molar-refractivity contribution in [3.63, 3.8) is 0 Å². The van der Waals surface area contributed by atoms with Crippen LogP contribution >= 0.6 is 0 Å². The lowest BCUT2D eigenvalue weighted by Crippen LogP contribution is -2.35. The summed E-state index contributed by atoms with van der Waals surface area (Å²) in [5.41, 5.74) is 1.74. The van der Waals surface area contributed by atoms with Crippen LogP contribution in [-0.4, -0.2) is 28.9 Å². The summed E-state index contributed by atoms with van der Waals surface area (Å²) in [5.74, 6) is -0.404. The van der Waals surface area contributed by atoms with Gasteiger partial charge in [-0.05, 0) is 56.4 Å². The molecule has 1 aromatic carbocycles. The van der Waals surface area contributed by atoms with Crippen LogP contribution in [0, 0.1) is 11.7 Å². The lowest BCUT2D eigenvalue weighted by molar-refractivity contribution is -0.125. The van der Waals surface area contributed by atoms with Gasteiger partial charge in [0.25, 0.3) is 5.91 Å². The van der Waals surface area contributed by atoms with E-state index in [2.05, 4.69) is 15.6 Å². The maximum absolute atomic E-state index is 13.3. The second-order valence-electron chi connectivity index (χ2n) is 7.41. The molecule has 2 N–H and O–H groups in total. The van der Waals surface area contributed by atoms with Crippen molar-refractivity contribution in [3.8, 4) is 11.3 Å². The molecule has 2 aliphatic rings. The summed E-state index contributed by atoms with van der Waals surface area (Å²) >= 11 is 0. The van der Waals surface area contributed by atoms with Crippen LogP contribution in [0.5, 0.6) is 0 Å². The number of hydrogen-bond donors (Lipinski definition) is 2. The molecule has 2 aliphatic carbocycles. The topological polar surface area (TPSA) is 71.1 Å². The number of aromatic nitrogens is 1. The van der Waals surface area contributed by atoms with Crippen LogP contribution in [0.25, 0.3) is 11.3 Å². The number of carbonyl (C=O) groups is 2. The second kappa shape index (κ2) is 7.47. The summed E-state index contributed by atoms with van der Waals surface area (Å²) in [7, 11) is 0. The van der Waals surface area contributed by atoms with Crippen LogP contribution < -0.4 is 10.6 Å². The van der Waals surface area contributed by atoms with Gasteiger partial charge in [-0.15, -0.1) is 0 Å². The average Bonchev–Trinajstić information content (AvgIpc) is 3.36. The fourth-order valence-corrected chi connectivity index (χ4v) is 3.51. The summed E-state index contributed by atoms with van der Waals surface area (Å²) in [5, 5.41) is 6.04. The van der Waals surface area contributed by atoms with Crippen molar-refractivity contribution >= 4 is 11.8 Å². The van der Waals surface area contributed by atoms with Crippen LogP contribution in [0.4, 0.5) is 4.39 Å². The zero-order valence-electron chi connectivity index (χ0n) is 15.0. The molecule has 1 heterocycles. The number of benzene rings is 1. The minimum Gasteiger partial charge on any atom is -0.353 e. The van der Waals surface area contributed by atoms with Gasteiger partial charge in [-0.25, -0.2) is 4.39 Å². The predicted molar refractivity (Wildman–Crippen MR) is 99.4 cm³/mol. The molecule has 0 saturated heterocycles. The number of rotatable bonds is 5. The van der Waals surface area contributed by atoms with Gasteiger partial charge in [-0.3, -0.25) is 14.6 Å². The molecule has 2 saturated carbocycles. The summed E-state index contributed by atoms with van der Waals surface area (Å²) in [6.45, 7) is 0. The third kappa shape index (κ3) is 4.32. The Morgan fingerprint density at radius 2 is 1.81 bits per heavy atom. The first kappa shape index (κ1) is 17.6. The molecular weight excluding hydrogens is 345 g/mol. The lowest BCUT2D eigenvalue weighted by Gasteiger charge is -2.14. The molecule has 0 radical (unpaired) electrons. The number of halogens is 1. The molecule has 0 unspecified atom stereocenters. The highest BCUT2D eigenvalue weighted by Crippen LogP contribution is 2.28. The molecule has 140 valence electrons. The standard InChI is InChI=1S/C21H22FN3O2/c22-16-3-1-2-13(10-16)19-9-5-15(12-23-19)21(27)25-18-6-4-14(11-18)20(26)24-17-7-8-17/h1-3,5,9-10,12,14,17-18H,4,6-8,11H2,(H,24,26)(H,25,27)/t14-,18+/m1/s1.